The van der Waals surface area contributed by atoms with Gasteiger partial charge in [0.25, 0.3) is 5.91 Å². The van der Waals surface area contributed by atoms with Crippen molar-refractivity contribution in [3.8, 4) is 0 Å². The van der Waals surface area contributed by atoms with Crippen LogP contribution in [0.5, 0.6) is 0 Å². The minimum absolute atomic E-state index is 0.159. The van der Waals surface area contributed by atoms with Crippen LogP contribution in [-0.4, -0.2) is 52.3 Å². The largest absolute Gasteiger partial charge is 0.462 e. The molecule has 0 radical (unpaired) electrons. The Labute approximate surface area is 175 Å². The quantitative estimate of drug-likeness (QED) is 0.669. The molecule has 0 unspecified atom stereocenters. The number of ether oxygens (including phenoxy) is 1. The number of halogens is 1. The molecular formula is C19H22ClN3O5S. The Balaban J connectivity index is 2.14. The second-order valence-corrected chi connectivity index (χ2v) is 8.75. The summed E-state index contributed by atoms with van der Waals surface area (Å²) in [4.78, 5) is 24.2. The van der Waals surface area contributed by atoms with Gasteiger partial charge < -0.3 is 10.1 Å². The van der Waals surface area contributed by atoms with E-state index >= 15 is 0 Å². The third kappa shape index (κ3) is 5.26. The highest BCUT2D eigenvalue weighted by Crippen LogP contribution is 2.23. The Morgan fingerprint density at radius 2 is 1.69 bits per heavy atom. The molecule has 8 nitrogen and oxygen atoms in total. The number of nitrogens with zero attached hydrogens (tertiary/aromatic N) is 2. The number of hydrogen-bond acceptors (Lipinski definition) is 5. The van der Waals surface area contributed by atoms with Crippen LogP contribution >= 0.6 is 11.6 Å². The van der Waals surface area contributed by atoms with Crippen LogP contribution in [0.1, 0.15) is 27.6 Å². The van der Waals surface area contributed by atoms with Crippen LogP contribution in [0.2, 0.25) is 5.02 Å². The molecule has 1 N–H and O–H groups in total. The average Bonchev–Trinajstić information content (AvgIpc) is 2.67. The Morgan fingerprint density at radius 1 is 1.07 bits per heavy atom. The van der Waals surface area contributed by atoms with Gasteiger partial charge in [-0.25, -0.2) is 4.79 Å². The molecule has 0 saturated heterocycles. The number of hydrogen-bond donors (Lipinski definition) is 1. The normalized spacial score (nSPS) is 11.2. The Hall–Kier alpha value is -2.62. The van der Waals surface area contributed by atoms with Crippen molar-refractivity contribution in [2.24, 2.45) is 0 Å². The summed E-state index contributed by atoms with van der Waals surface area (Å²) in [5, 5.41) is 2.84. The SMILES string of the molecule is CCOC(=O)c1ccc(NC(=O)c2ccc(N(C)S(=O)(=O)N(C)C)cc2)cc1Cl. The predicted octanol–water partition coefficient (Wildman–Crippen LogP) is 3.01. The minimum atomic E-state index is -3.62. The molecule has 0 saturated carbocycles. The molecule has 0 heterocycles. The first kappa shape index (κ1) is 22.7. The lowest BCUT2D eigenvalue weighted by Gasteiger charge is -2.23. The topological polar surface area (TPSA) is 96.0 Å². The third-order valence-electron chi connectivity index (χ3n) is 4.02. The number of carbonyl (C=O) groups excluding carboxylic acids is 2. The maximum absolute atomic E-state index is 12.4. The highest BCUT2D eigenvalue weighted by atomic mass is 35.5. The lowest BCUT2D eigenvalue weighted by molar-refractivity contribution is 0.0526. The second-order valence-electron chi connectivity index (χ2n) is 6.17. The average molecular weight is 440 g/mol. The van der Waals surface area contributed by atoms with Gasteiger partial charge in [-0.15, -0.1) is 0 Å². The van der Waals surface area contributed by atoms with Crippen molar-refractivity contribution in [1.82, 2.24) is 4.31 Å². The highest BCUT2D eigenvalue weighted by Gasteiger charge is 2.21. The fourth-order valence-electron chi connectivity index (χ4n) is 2.37. The third-order valence-corrected chi connectivity index (χ3v) is 6.16. The molecule has 2 rings (SSSR count). The number of nitrogens with one attached hydrogen (secondary N) is 1. The van der Waals surface area contributed by atoms with Gasteiger partial charge in [0.05, 0.1) is 22.9 Å². The van der Waals surface area contributed by atoms with Gasteiger partial charge in [-0.3, -0.25) is 9.10 Å². The van der Waals surface area contributed by atoms with Crippen LogP contribution in [0, 0.1) is 0 Å². The molecule has 0 spiro atoms. The summed E-state index contributed by atoms with van der Waals surface area (Å²) in [6.07, 6.45) is 0. The molecule has 0 aromatic heterocycles. The standard InChI is InChI=1S/C19H22ClN3O5S/c1-5-28-19(25)16-11-8-14(12-17(16)20)21-18(24)13-6-9-15(10-7-13)23(4)29(26,27)22(2)3/h6-12H,5H2,1-4H3,(H,21,24). The van der Waals surface area contributed by atoms with Crippen molar-refractivity contribution in [1.29, 1.82) is 0 Å². The van der Waals surface area contributed by atoms with Crippen LogP contribution in [0.3, 0.4) is 0 Å². The first-order valence-corrected chi connectivity index (χ1v) is 10.4. The molecule has 0 aliphatic carbocycles. The summed E-state index contributed by atoms with van der Waals surface area (Å²) in [5.74, 6) is -0.947. The van der Waals surface area contributed by atoms with E-state index in [0.717, 1.165) is 8.61 Å². The van der Waals surface area contributed by atoms with Crippen LogP contribution in [0.25, 0.3) is 0 Å². The maximum atomic E-state index is 12.4. The Bertz CT molecular complexity index is 1010. The molecular weight excluding hydrogens is 418 g/mol. The van der Waals surface area contributed by atoms with Gasteiger partial charge in [0, 0.05) is 32.4 Å². The highest BCUT2D eigenvalue weighted by molar-refractivity contribution is 7.90. The van der Waals surface area contributed by atoms with Gasteiger partial charge in [0.1, 0.15) is 0 Å². The first-order valence-electron chi connectivity index (χ1n) is 8.62. The van der Waals surface area contributed by atoms with Crippen molar-refractivity contribution in [3.63, 3.8) is 0 Å². The van der Waals surface area contributed by atoms with E-state index in [1.54, 1.807) is 13.0 Å². The molecule has 2 aromatic carbocycles. The molecule has 29 heavy (non-hydrogen) atoms. The zero-order valence-electron chi connectivity index (χ0n) is 16.5. The van der Waals surface area contributed by atoms with Gasteiger partial charge in [-0.2, -0.15) is 12.7 Å². The molecule has 0 atom stereocenters. The van der Waals surface area contributed by atoms with Crippen LogP contribution < -0.4 is 9.62 Å². The summed E-state index contributed by atoms with van der Waals surface area (Å²) in [6.45, 7) is 1.92. The molecule has 1 amide bonds. The van der Waals surface area contributed by atoms with Gasteiger partial charge >= 0.3 is 16.2 Å². The zero-order chi connectivity index (χ0) is 21.8. The van der Waals surface area contributed by atoms with Crippen molar-refractivity contribution in [2.45, 2.75) is 6.92 Å². The van der Waals surface area contributed by atoms with Crippen LogP contribution in [0.4, 0.5) is 11.4 Å². The summed E-state index contributed by atoms with van der Waals surface area (Å²) in [6, 6.07) is 10.6. The lowest BCUT2D eigenvalue weighted by Crippen LogP contribution is -2.37. The number of esters is 1. The first-order chi connectivity index (χ1) is 13.6. The summed E-state index contributed by atoms with van der Waals surface area (Å²) in [7, 11) is 0.683. The van der Waals surface area contributed by atoms with E-state index in [0.29, 0.717) is 16.9 Å². The Kier molecular flexibility index (Phi) is 7.23. The van der Waals surface area contributed by atoms with Crippen LogP contribution in [-0.2, 0) is 14.9 Å². The number of benzene rings is 2. The van der Waals surface area contributed by atoms with Crippen molar-refractivity contribution < 1.29 is 22.7 Å². The maximum Gasteiger partial charge on any atom is 0.339 e. The van der Waals surface area contributed by atoms with Gasteiger partial charge in [0.2, 0.25) is 0 Å². The summed E-state index contributed by atoms with van der Waals surface area (Å²) < 4.78 is 31.4. The lowest BCUT2D eigenvalue weighted by atomic mass is 10.1. The smallest absolute Gasteiger partial charge is 0.339 e. The molecule has 0 fully saturated rings. The van der Waals surface area contributed by atoms with E-state index < -0.39 is 22.1 Å². The van der Waals surface area contributed by atoms with Gasteiger partial charge in [0.15, 0.2) is 0 Å². The molecule has 2 aromatic rings. The zero-order valence-corrected chi connectivity index (χ0v) is 18.0. The summed E-state index contributed by atoms with van der Waals surface area (Å²) >= 11 is 6.09. The second kappa shape index (κ2) is 9.25. The van der Waals surface area contributed by atoms with Crippen molar-refractivity contribution >= 4 is 45.1 Å². The van der Waals surface area contributed by atoms with E-state index in [1.807, 2.05) is 0 Å². The monoisotopic (exact) mass is 439 g/mol. The van der Waals surface area contributed by atoms with E-state index in [1.165, 1.54) is 57.5 Å². The molecule has 0 aliphatic heterocycles. The van der Waals surface area contributed by atoms with E-state index in [2.05, 4.69) is 5.32 Å². The Morgan fingerprint density at radius 3 is 2.21 bits per heavy atom. The van der Waals surface area contributed by atoms with E-state index in [4.69, 9.17) is 16.3 Å². The molecule has 10 heteroatoms. The van der Waals surface area contributed by atoms with Gasteiger partial charge in [-0.05, 0) is 49.4 Å². The number of rotatable bonds is 7. The fraction of sp³-hybridized carbons (Fsp3) is 0.263. The minimum Gasteiger partial charge on any atom is -0.462 e. The molecule has 0 bridgehead atoms. The van der Waals surface area contributed by atoms with E-state index in [-0.39, 0.29) is 17.2 Å². The van der Waals surface area contributed by atoms with Crippen LogP contribution in [0.15, 0.2) is 42.5 Å². The molecule has 0 aliphatic rings. The van der Waals surface area contributed by atoms with Crippen molar-refractivity contribution in [3.05, 3.63) is 58.6 Å². The number of amides is 1. The number of anilines is 2. The summed E-state index contributed by atoms with van der Waals surface area (Å²) in [5.41, 5.74) is 1.36. The predicted molar refractivity (Wildman–Crippen MR) is 113 cm³/mol. The van der Waals surface area contributed by atoms with Gasteiger partial charge in [-0.1, -0.05) is 11.6 Å². The number of carbonyl (C=O) groups is 2. The molecule has 156 valence electrons. The van der Waals surface area contributed by atoms with Crippen molar-refractivity contribution in [2.75, 3.05) is 37.4 Å². The fourth-order valence-corrected chi connectivity index (χ4v) is 3.51. The van der Waals surface area contributed by atoms with E-state index in [9.17, 15) is 18.0 Å².